The molecular weight excluding hydrogens is 408 g/mol. The molecule has 1 aromatic carbocycles. The third-order valence-corrected chi connectivity index (χ3v) is 7.48. The molecule has 1 aliphatic rings. The van der Waals surface area contributed by atoms with E-state index >= 15 is 0 Å². The van der Waals surface area contributed by atoms with Crippen LogP contribution in [0.25, 0.3) is 10.9 Å². The van der Waals surface area contributed by atoms with Gasteiger partial charge < -0.3 is 9.67 Å². The molecule has 0 bridgehead atoms. The van der Waals surface area contributed by atoms with Crippen molar-refractivity contribution in [2.45, 2.75) is 53.5 Å². The minimum Gasteiger partial charge on any atom is -0.481 e. The molecule has 0 saturated carbocycles. The number of aromatic nitrogens is 2. The molecule has 0 radical (unpaired) electrons. The fraction of sp³-hybridized carbons (Fsp3) is 0.333. The number of pyridine rings is 1. The summed E-state index contributed by atoms with van der Waals surface area (Å²) < 4.78 is 27.0. The summed E-state index contributed by atoms with van der Waals surface area (Å²) in [5, 5.41) is 10.0. The van der Waals surface area contributed by atoms with Crippen LogP contribution < -0.4 is 0 Å². The van der Waals surface area contributed by atoms with Crippen molar-refractivity contribution in [3.63, 3.8) is 0 Å². The number of aryl methyl sites for hydroxylation is 2. The maximum Gasteiger partial charge on any atom is 0.304 e. The van der Waals surface area contributed by atoms with E-state index < -0.39 is 15.8 Å². The maximum atomic E-state index is 12.4. The van der Waals surface area contributed by atoms with E-state index in [1.807, 2.05) is 18.2 Å². The van der Waals surface area contributed by atoms with Crippen molar-refractivity contribution >= 4 is 38.5 Å². The number of carbonyl (C=O) groups is 1. The Morgan fingerprint density at radius 3 is 2.62 bits per heavy atom. The maximum absolute atomic E-state index is 12.4. The van der Waals surface area contributed by atoms with Crippen LogP contribution in [0.4, 0.5) is 0 Å². The molecule has 0 amide bonds. The first kappa shape index (κ1) is 20.0. The monoisotopic (exact) mass is 430 g/mol. The zero-order valence-corrected chi connectivity index (χ0v) is 17.9. The van der Waals surface area contributed by atoms with Gasteiger partial charge in [-0.3, -0.25) is 4.79 Å². The average molecular weight is 431 g/mol. The predicted molar refractivity (Wildman–Crippen MR) is 112 cm³/mol. The summed E-state index contributed by atoms with van der Waals surface area (Å²) in [6.07, 6.45) is 4.38. The van der Waals surface area contributed by atoms with E-state index in [9.17, 15) is 18.3 Å². The molecule has 1 N–H and O–H groups in total. The van der Waals surface area contributed by atoms with Gasteiger partial charge in [0.1, 0.15) is 0 Å². The molecule has 2 aromatic heterocycles. The van der Waals surface area contributed by atoms with E-state index in [0.29, 0.717) is 11.9 Å². The number of fused-ring (bicyclic) bond motifs is 3. The highest BCUT2D eigenvalue weighted by Gasteiger charge is 2.33. The zero-order chi connectivity index (χ0) is 20.8. The van der Waals surface area contributed by atoms with Crippen molar-refractivity contribution in [1.82, 2.24) is 9.55 Å². The van der Waals surface area contributed by atoms with Gasteiger partial charge in [0, 0.05) is 40.4 Å². The number of carboxylic acid groups (broad SMARTS) is 1. The van der Waals surface area contributed by atoms with Gasteiger partial charge in [-0.05, 0) is 36.6 Å². The molecule has 0 aliphatic carbocycles. The number of sulfone groups is 1. The number of nitrogens with zero attached hydrogens (tertiary/aromatic N) is 2. The first-order chi connectivity index (χ1) is 13.8. The molecule has 1 aliphatic heterocycles. The molecule has 3 heterocycles. The lowest BCUT2D eigenvalue weighted by Crippen LogP contribution is -2.04. The number of rotatable bonds is 6. The van der Waals surface area contributed by atoms with Crippen LogP contribution in [-0.4, -0.2) is 35.3 Å². The molecule has 152 valence electrons. The standard InChI is InChI=1S/C21H22N2O4S2/c1-3-13-4-6-15(7-5-13)28-20-18-16(8-10-22-21(18)29(2,26)27)23-11-9-14(19(20)23)12-17(24)25/h4-8,10,14H,3,9,11-12H2,1-2H3,(H,24,25). The molecular formula is C21H22N2O4S2. The van der Waals surface area contributed by atoms with Gasteiger partial charge in [0.05, 0.1) is 17.3 Å². The largest absolute Gasteiger partial charge is 0.481 e. The first-order valence-corrected chi connectivity index (χ1v) is 12.2. The fourth-order valence-corrected chi connectivity index (χ4v) is 6.11. The number of aliphatic carboxylic acids is 1. The highest BCUT2D eigenvalue weighted by Crippen LogP contribution is 2.47. The molecule has 6 nitrogen and oxygen atoms in total. The SMILES string of the molecule is CCc1ccc(Sc2c3n(c4ccnc(S(C)(=O)=O)c24)CCC3CC(=O)O)cc1. The lowest BCUT2D eigenvalue weighted by Gasteiger charge is -2.11. The van der Waals surface area contributed by atoms with Gasteiger partial charge in [0.15, 0.2) is 14.9 Å². The minimum atomic E-state index is -3.54. The summed E-state index contributed by atoms with van der Waals surface area (Å²) in [4.78, 5) is 17.4. The molecule has 1 unspecified atom stereocenters. The van der Waals surface area contributed by atoms with E-state index in [-0.39, 0.29) is 17.4 Å². The van der Waals surface area contributed by atoms with Crippen LogP contribution in [-0.2, 0) is 27.6 Å². The summed E-state index contributed by atoms with van der Waals surface area (Å²) in [5.41, 5.74) is 2.93. The quantitative estimate of drug-likeness (QED) is 0.633. The third kappa shape index (κ3) is 3.67. The van der Waals surface area contributed by atoms with Gasteiger partial charge in [-0.15, -0.1) is 0 Å². The normalized spacial score (nSPS) is 16.3. The molecule has 3 aromatic rings. The summed E-state index contributed by atoms with van der Waals surface area (Å²) in [6.45, 7) is 2.77. The van der Waals surface area contributed by atoms with Gasteiger partial charge in [0.2, 0.25) is 0 Å². The number of hydrogen-bond donors (Lipinski definition) is 1. The molecule has 0 fully saturated rings. The topological polar surface area (TPSA) is 89.3 Å². The Bertz CT molecular complexity index is 1200. The lowest BCUT2D eigenvalue weighted by molar-refractivity contribution is -0.137. The summed E-state index contributed by atoms with van der Waals surface area (Å²) in [6, 6.07) is 9.99. The minimum absolute atomic E-state index is 0.0281. The Kier molecular flexibility index (Phi) is 5.16. The molecule has 1 atom stereocenters. The van der Waals surface area contributed by atoms with Gasteiger partial charge in [-0.25, -0.2) is 13.4 Å². The van der Waals surface area contributed by atoms with E-state index in [1.54, 1.807) is 0 Å². The Balaban J connectivity index is 1.95. The molecule has 0 spiro atoms. The second-order valence-electron chi connectivity index (χ2n) is 7.33. The van der Waals surface area contributed by atoms with Crippen molar-refractivity contribution in [2.24, 2.45) is 0 Å². The Morgan fingerprint density at radius 2 is 2.00 bits per heavy atom. The number of benzene rings is 1. The average Bonchev–Trinajstić information content (AvgIpc) is 3.21. The second-order valence-corrected chi connectivity index (χ2v) is 10.3. The van der Waals surface area contributed by atoms with Crippen LogP contribution in [0.5, 0.6) is 0 Å². The lowest BCUT2D eigenvalue weighted by atomic mass is 10.0. The van der Waals surface area contributed by atoms with E-state index in [2.05, 4.69) is 28.6 Å². The van der Waals surface area contributed by atoms with Crippen LogP contribution in [0.1, 0.15) is 36.9 Å². The van der Waals surface area contributed by atoms with Gasteiger partial charge >= 0.3 is 5.97 Å². The van der Waals surface area contributed by atoms with Crippen LogP contribution in [0.3, 0.4) is 0 Å². The Hall–Kier alpha value is -2.32. The fourth-order valence-electron chi connectivity index (χ4n) is 4.03. The molecule has 29 heavy (non-hydrogen) atoms. The van der Waals surface area contributed by atoms with Gasteiger partial charge in [-0.2, -0.15) is 0 Å². The molecule has 0 saturated heterocycles. The number of carboxylic acids is 1. The van der Waals surface area contributed by atoms with Crippen LogP contribution >= 0.6 is 11.8 Å². The first-order valence-electron chi connectivity index (χ1n) is 9.49. The second kappa shape index (κ2) is 7.50. The van der Waals surface area contributed by atoms with E-state index in [0.717, 1.165) is 40.1 Å². The number of hydrogen-bond acceptors (Lipinski definition) is 5. The zero-order valence-electron chi connectivity index (χ0n) is 16.3. The highest BCUT2D eigenvalue weighted by atomic mass is 32.2. The van der Waals surface area contributed by atoms with Gasteiger partial charge in [-0.1, -0.05) is 30.8 Å². The Morgan fingerprint density at radius 1 is 1.28 bits per heavy atom. The Labute approximate surface area is 173 Å². The highest BCUT2D eigenvalue weighted by molar-refractivity contribution is 7.99. The van der Waals surface area contributed by atoms with E-state index in [4.69, 9.17) is 0 Å². The van der Waals surface area contributed by atoms with Crippen molar-refractivity contribution in [3.05, 3.63) is 47.8 Å². The summed E-state index contributed by atoms with van der Waals surface area (Å²) in [7, 11) is -3.54. The third-order valence-electron chi connectivity index (χ3n) is 5.35. The molecule has 4 rings (SSSR count). The van der Waals surface area contributed by atoms with Crippen molar-refractivity contribution in [3.8, 4) is 0 Å². The molecule has 8 heteroatoms. The summed E-state index contributed by atoms with van der Waals surface area (Å²) >= 11 is 1.49. The van der Waals surface area contributed by atoms with Gasteiger partial charge in [0.25, 0.3) is 0 Å². The van der Waals surface area contributed by atoms with Crippen molar-refractivity contribution in [1.29, 1.82) is 0 Å². The predicted octanol–water partition coefficient (Wildman–Crippen LogP) is 4.12. The van der Waals surface area contributed by atoms with Crippen LogP contribution in [0.2, 0.25) is 0 Å². The van der Waals surface area contributed by atoms with Crippen molar-refractivity contribution < 1.29 is 18.3 Å². The van der Waals surface area contributed by atoms with Crippen molar-refractivity contribution in [2.75, 3.05) is 6.26 Å². The summed E-state index contributed by atoms with van der Waals surface area (Å²) in [5.74, 6) is -0.997. The smallest absolute Gasteiger partial charge is 0.304 e. The van der Waals surface area contributed by atoms with Crippen LogP contribution in [0.15, 0.2) is 51.3 Å². The van der Waals surface area contributed by atoms with E-state index in [1.165, 1.54) is 23.5 Å². The van der Waals surface area contributed by atoms with Crippen LogP contribution in [0, 0.1) is 0 Å².